The molecular formula is C26H28N2O3. The highest BCUT2D eigenvalue weighted by Gasteiger charge is 2.05. The van der Waals surface area contributed by atoms with Crippen LogP contribution >= 0.6 is 0 Å². The Morgan fingerprint density at radius 2 is 1.16 bits per heavy atom. The third kappa shape index (κ3) is 8.44. The second-order valence-electron chi connectivity index (χ2n) is 7.33. The average Bonchev–Trinajstić information content (AvgIpc) is 2.80. The van der Waals surface area contributed by atoms with Gasteiger partial charge < -0.3 is 15.4 Å². The zero-order valence-corrected chi connectivity index (χ0v) is 17.6. The summed E-state index contributed by atoms with van der Waals surface area (Å²) in [6, 6.07) is 27.6. The molecule has 0 saturated heterocycles. The van der Waals surface area contributed by atoms with Gasteiger partial charge in [-0.3, -0.25) is 9.59 Å². The SMILES string of the molecule is O=C(CCNC(=O)Cc1ccccc1)NCc1ccc(COCc2ccccc2)cc1. The fourth-order valence-corrected chi connectivity index (χ4v) is 3.06. The lowest BCUT2D eigenvalue weighted by Crippen LogP contribution is -2.31. The zero-order chi connectivity index (χ0) is 21.7. The summed E-state index contributed by atoms with van der Waals surface area (Å²) in [5, 5.41) is 5.67. The van der Waals surface area contributed by atoms with Crippen molar-refractivity contribution >= 4 is 11.8 Å². The lowest BCUT2D eigenvalue weighted by Gasteiger charge is -2.08. The van der Waals surface area contributed by atoms with E-state index in [1.54, 1.807) is 0 Å². The predicted molar refractivity (Wildman–Crippen MR) is 121 cm³/mol. The Balaban J connectivity index is 1.29. The van der Waals surface area contributed by atoms with Gasteiger partial charge in [-0.15, -0.1) is 0 Å². The van der Waals surface area contributed by atoms with E-state index in [1.807, 2.05) is 84.9 Å². The van der Waals surface area contributed by atoms with Crippen molar-refractivity contribution in [1.82, 2.24) is 10.6 Å². The summed E-state index contributed by atoms with van der Waals surface area (Å²) in [5.41, 5.74) is 4.22. The van der Waals surface area contributed by atoms with Crippen LogP contribution in [0.25, 0.3) is 0 Å². The van der Waals surface area contributed by atoms with Crippen molar-refractivity contribution in [2.24, 2.45) is 0 Å². The molecule has 0 unspecified atom stereocenters. The van der Waals surface area contributed by atoms with Crippen molar-refractivity contribution < 1.29 is 14.3 Å². The molecule has 0 fully saturated rings. The Morgan fingerprint density at radius 3 is 1.81 bits per heavy atom. The van der Waals surface area contributed by atoms with Crippen LogP contribution in [0.15, 0.2) is 84.9 Å². The van der Waals surface area contributed by atoms with Gasteiger partial charge in [0.15, 0.2) is 0 Å². The van der Waals surface area contributed by atoms with Gasteiger partial charge in [-0.25, -0.2) is 0 Å². The normalized spacial score (nSPS) is 10.5. The molecule has 2 amide bonds. The molecule has 3 rings (SSSR count). The van der Waals surface area contributed by atoms with Crippen molar-refractivity contribution in [3.63, 3.8) is 0 Å². The summed E-state index contributed by atoms with van der Waals surface area (Å²) in [6.45, 7) is 1.92. The van der Waals surface area contributed by atoms with Crippen molar-refractivity contribution in [2.75, 3.05) is 6.54 Å². The Labute approximate surface area is 183 Å². The summed E-state index contributed by atoms with van der Waals surface area (Å²) in [7, 11) is 0. The molecule has 0 spiro atoms. The fourth-order valence-electron chi connectivity index (χ4n) is 3.06. The molecule has 0 atom stereocenters. The van der Waals surface area contributed by atoms with Crippen LogP contribution in [0.1, 0.15) is 28.7 Å². The second-order valence-corrected chi connectivity index (χ2v) is 7.33. The third-order valence-corrected chi connectivity index (χ3v) is 4.77. The van der Waals surface area contributed by atoms with E-state index in [2.05, 4.69) is 10.6 Å². The Bertz CT molecular complexity index is 941. The largest absolute Gasteiger partial charge is 0.372 e. The van der Waals surface area contributed by atoms with E-state index in [0.717, 1.165) is 22.3 Å². The molecule has 0 aliphatic rings. The number of benzene rings is 3. The highest BCUT2D eigenvalue weighted by molar-refractivity contribution is 5.80. The maximum absolute atomic E-state index is 12.0. The molecule has 0 aliphatic heterocycles. The number of hydrogen-bond acceptors (Lipinski definition) is 3. The number of hydrogen-bond donors (Lipinski definition) is 2. The lowest BCUT2D eigenvalue weighted by molar-refractivity contribution is -0.122. The summed E-state index contributed by atoms with van der Waals surface area (Å²) in [5.74, 6) is -0.167. The van der Waals surface area contributed by atoms with E-state index in [1.165, 1.54) is 0 Å². The monoisotopic (exact) mass is 416 g/mol. The van der Waals surface area contributed by atoms with Gasteiger partial charge in [0.25, 0.3) is 0 Å². The molecule has 160 valence electrons. The molecule has 0 radical (unpaired) electrons. The van der Waals surface area contributed by atoms with Crippen LogP contribution < -0.4 is 10.6 Å². The molecule has 5 heteroatoms. The molecule has 3 aromatic rings. The first-order valence-corrected chi connectivity index (χ1v) is 10.5. The number of carbonyl (C=O) groups excluding carboxylic acids is 2. The summed E-state index contributed by atoms with van der Waals surface area (Å²) in [4.78, 5) is 23.9. The average molecular weight is 417 g/mol. The summed E-state index contributed by atoms with van der Waals surface area (Å²) < 4.78 is 5.74. The number of rotatable bonds is 11. The van der Waals surface area contributed by atoms with Crippen molar-refractivity contribution in [3.8, 4) is 0 Å². The second kappa shape index (κ2) is 12.3. The van der Waals surface area contributed by atoms with E-state index in [4.69, 9.17) is 4.74 Å². The first-order chi connectivity index (χ1) is 15.2. The maximum atomic E-state index is 12.0. The number of amides is 2. The van der Waals surface area contributed by atoms with E-state index in [-0.39, 0.29) is 18.2 Å². The van der Waals surface area contributed by atoms with Gasteiger partial charge in [-0.05, 0) is 22.3 Å². The quantitative estimate of drug-likeness (QED) is 0.500. The maximum Gasteiger partial charge on any atom is 0.224 e. The van der Waals surface area contributed by atoms with Gasteiger partial charge in [0, 0.05) is 19.5 Å². The van der Waals surface area contributed by atoms with Crippen LogP contribution in [0, 0.1) is 0 Å². The third-order valence-electron chi connectivity index (χ3n) is 4.77. The summed E-state index contributed by atoms with van der Waals surface area (Å²) in [6.07, 6.45) is 0.579. The van der Waals surface area contributed by atoms with Gasteiger partial charge in [0.1, 0.15) is 0 Å². The van der Waals surface area contributed by atoms with Gasteiger partial charge in [-0.1, -0.05) is 84.9 Å². The van der Waals surface area contributed by atoms with Crippen molar-refractivity contribution in [1.29, 1.82) is 0 Å². The van der Waals surface area contributed by atoms with Gasteiger partial charge in [0.05, 0.1) is 19.6 Å². The minimum atomic E-state index is -0.0877. The highest BCUT2D eigenvalue weighted by Crippen LogP contribution is 2.08. The first kappa shape index (κ1) is 22.2. The van der Waals surface area contributed by atoms with E-state index < -0.39 is 0 Å². The molecule has 0 aliphatic carbocycles. The molecular weight excluding hydrogens is 388 g/mol. The van der Waals surface area contributed by atoms with Gasteiger partial charge >= 0.3 is 0 Å². The minimum Gasteiger partial charge on any atom is -0.372 e. The van der Waals surface area contributed by atoms with Crippen molar-refractivity contribution in [3.05, 3.63) is 107 Å². The molecule has 31 heavy (non-hydrogen) atoms. The van der Waals surface area contributed by atoms with Crippen LogP contribution in [0.4, 0.5) is 0 Å². The first-order valence-electron chi connectivity index (χ1n) is 10.5. The Kier molecular flexibility index (Phi) is 8.83. The number of nitrogens with one attached hydrogen (secondary N) is 2. The number of carbonyl (C=O) groups is 2. The van der Waals surface area contributed by atoms with E-state index >= 15 is 0 Å². The lowest BCUT2D eigenvalue weighted by atomic mass is 10.1. The Morgan fingerprint density at radius 1 is 0.613 bits per heavy atom. The van der Waals surface area contributed by atoms with Gasteiger partial charge in [-0.2, -0.15) is 0 Å². The van der Waals surface area contributed by atoms with Crippen LogP contribution in [0.2, 0.25) is 0 Å². The smallest absolute Gasteiger partial charge is 0.224 e. The van der Waals surface area contributed by atoms with Crippen LogP contribution in [0.3, 0.4) is 0 Å². The highest BCUT2D eigenvalue weighted by atomic mass is 16.5. The predicted octanol–water partition coefficient (Wildman–Crippen LogP) is 3.77. The molecule has 0 aromatic heterocycles. The molecule has 3 aromatic carbocycles. The standard InChI is InChI=1S/C26H28N2O3/c29-25(15-16-27-26(30)17-21-7-3-1-4-8-21)28-18-22-11-13-24(14-12-22)20-31-19-23-9-5-2-6-10-23/h1-14H,15-20H2,(H,27,30)(H,28,29). The van der Waals surface area contributed by atoms with Crippen molar-refractivity contribution in [2.45, 2.75) is 32.6 Å². The fraction of sp³-hybridized carbons (Fsp3) is 0.231. The molecule has 0 heterocycles. The van der Waals surface area contributed by atoms with Crippen LogP contribution in [0.5, 0.6) is 0 Å². The van der Waals surface area contributed by atoms with E-state index in [0.29, 0.717) is 32.7 Å². The van der Waals surface area contributed by atoms with Crippen LogP contribution in [-0.4, -0.2) is 18.4 Å². The molecule has 0 bridgehead atoms. The Hall–Kier alpha value is -3.44. The molecule has 5 nitrogen and oxygen atoms in total. The zero-order valence-electron chi connectivity index (χ0n) is 17.6. The molecule has 0 saturated carbocycles. The van der Waals surface area contributed by atoms with Gasteiger partial charge in [0.2, 0.25) is 11.8 Å². The van der Waals surface area contributed by atoms with E-state index in [9.17, 15) is 9.59 Å². The number of ether oxygens (including phenoxy) is 1. The van der Waals surface area contributed by atoms with Crippen LogP contribution in [-0.2, 0) is 40.5 Å². The minimum absolute atomic E-state index is 0.0796. The summed E-state index contributed by atoms with van der Waals surface area (Å²) >= 11 is 0. The topological polar surface area (TPSA) is 67.4 Å². The molecule has 2 N–H and O–H groups in total.